The Hall–Kier alpha value is -0.350. The predicted octanol–water partition coefficient (Wildman–Crippen LogP) is 1.61. The third kappa shape index (κ3) is 5.95. The maximum Gasteiger partial charge on any atom is 0.154 e. The number of rotatable bonds is 8. The van der Waals surface area contributed by atoms with E-state index in [0.29, 0.717) is 18.8 Å². The lowest BCUT2D eigenvalue weighted by Crippen LogP contribution is -2.34. The molecular weight excluding hydrogens is 210 g/mol. The molecule has 0 saturated carbocycles. The van der Waals surface area contributed by atoms with Crippen LogP contribution in [0.1, 0.15) is 27.2 Å². The second-order valence-corrected chi connectivity index (χ2v) is 6.56. The second kappa shape index (κ2) is 7.01. The molecule has 15 heavy (non-hydrogen) atoms. The zero-order valence-electron chi connectivity index (χ0n) is 9.99. The summed E-state index contributed by atoms with van der Waals surface area (Å²) in [5, 5.41) is 2.72. The van der Waals surface area contributed by atoms with Crippen molar-refractivity contribution < 1.29 is 8.42 Å². The zero-order valence-corrected chi connectivity index (χ0v) is 10.8. The van der Waals surface area contributed by atoms with Gasteiger partial charge in [-0.2, -0.15) is 0 Å². The Bertz CT molecular complexity index is 272. The third-order valence-corrected chi connectivity index (χ3v) is 4.97. The summed E-state index contributed by atoms with van der Waals surface area (Å²) in [6, 6.07) is 0. The third-order valence-electron chi connectivity index (χ3n) is 2.55. The molecule has 0 aromatic heterocycles. The molecule has 0 radical (unpaired) electrons. The summed E-state index contributed by atoms with van der Waals surface area (Å²) in [4.78, 5) is 0. The van der Waals surface area contributed by atoms with Crippen molar-refractivity contribution in [2.24, 2.45) is 5.92 Å². The average molecular weight is 233 g/mol. The molecule has 2 atom stereocenters. The molecule has 0 aliphatic heterocycles. The smallest absolute Gasteiger partial charge is 0.154 e. The molecular formula is C11H23NO2S. The van der Waals surface area contributed by atoms with E-state index in [-0.39, 0.29) is 11.2 Å². The van der Waals surface area contributed by atoms with Crippen LogP contribution >= 0.6 is 0 Å². The van der Waals surface area contributed by atoms with Crippen LogP contribution in [-0.4, -0.2) is 32.5 Å². The van der Waals surface area contributed by atoms with Crippen LogP contribution in [0.2, 0.25) is 0 Å². The molecule has 4 heteroatoms. The van der Waals surface area contributed by atoms with Crippen LogP contribution in [0.4, 0.5) is 0 Å². The van der Waals surface area contributed by atoms with Crippen LogP contribution in [0.25, 0.3) is 0 Å². The van der Waals surface area contributed by atoms with Gasteiger partial charge in [0.15, 0.2) is 9.84 Å². The van der Waals surface area contributed by atoms with Gasteiger partial charge in [0.1, 0.15) is 0 Å². The van der Waals surface area contributed by atoms with E-state index < -0.39 is 9.84 Å². The summed E-state index contributed by atoms with van der Waals surface area (Å²) in [5.74, 6) is 0.539. The van der Waals surface area contributed by atoms with Crippen molar-refractivity contribution in [2.45, 2.75) is 32.4 Å². The van der Waals surface area contributed by atoms with Crippen molar-refractivity contribution in [1.82, 2.24) is 5.32 Å². The van der Waals surface area contributed by atoms with E-state index >= 15 is 0 Å². The lowest BCUT2D eigenvalue weighted by Gasteiger charge is -2.15. The minimum absolute atomic E-state index is 0.247. The first-order chi connectivity index (χ1) is 6.94. The van der Waals surface area contributed by atoms with E-state index in [9.17, 15) is 8.42 Å². The Morgan fingerprint density at radius 2 is 2.00 bits per heavy atom. The molecule has 0 rings (SSSR count). The molecule has 90 valence electrons. The van der Waals surface area contributed by atoms with Gasteiger partial charge in [-0.25, -0.2) is 8.42 Å². The van der Waals surface area contributed by atoms with E-state index in [1.807, 2.05) is 13.8 Å². The van der Waals surface area contributed by atoms with E-state index in [4.69, 9.17) is 0 Å². The van der Waals surface area contributed by atoms with E-state index in [2.05, 4.69) is 11.9 Å². The monoisotopic (exact) mass is 233 g/mol. The van der Waals surface area contributed by atoms with Crippen molar-refractivity contribution in [3.63, 3.8) is 0 Å². The Kier molecular flexibility index (Phi) is 6.85. The maximum absolute atomic E-state index is 11.8. The van der Waals surface area contributed by atoms with Crippen LogP contribution in [0.15, 0.2) is 12.7 Å². The standard InChI is InChI=1S/C11H23NO2S/c1-5-7-12-8-11(4)15(13,14)9-10(3)6-2/h5,10-12H,1,6-9H2,2-4H3. The van der Waals surface area contributed by atoms with Gasteiger partial charge in [-0.15, -0.1) is 6.58 Å². The molecule has 0 aliphatic rings. The highest BCUT2D eigenvalue weighted by Crippen LogP contribution is 2.10. The number of hydrogen-bond donors (Lipinski definition) is 1. The summed E-state index contributed by atoms with van der Waals surface area (Å²) in [7, 11) is -2.95. The van der Waals surface area contributed by atoms with Crippen LogP contribution in [0.3, 0.4) is 0 Å². The lowest BCUT2D eigenvalue weighted by atomic mass is 10.2. The summed E-state index contributed by atoms with van der Waals surface area (Å²) < 4.78 is 23.7. The Balaban J connectivity index is 4.14. The fraction of sp³-hybridized carbons (Fsp3) is 0.818. The molecule has 0 fully saturated rings. The summed E-state index contributed by atoms with van der Waals surface area (Å²) >= 11 is 0. The van der Waals surface area contributed by atoms with Gasteiger partial charge in [0.2, 0.25) is 0 Å². The minimum Gasteiger partial charge on any atom is -0.312 e. The Labute approximate surface area is 93.9 Å². The highest BCUT2D eigenvalue weighted by Gasteiger charge is 2.22. The highest BCUT2D eigenvalue weighted by atomic mass is 32.2. The number of sulfone groups is 1. The molecule has 0 heterocycles. The Morgan fingerprint density at radius 3 is 2.47 bits per heavy atom. The summed E-state index contributed by atoms with van der Waals surface area (Å²) in [6.45, 7) is 10.5. The molecule has 0 bridgehead atoms. The molecule has 0 aliphatic carbocycles. The van der Waals surface area contributed by atoms with Gasteiger partial charge in [0.05, 0.1) is 11.0 Å². The highest BCUT2D eigenvalue weighted by molar-refractivity contribution is 7.92. The van der Waals surface area contributed by atoms with E-state index in [1.165, 1.54) is 0 Å². The largest absolute Gasteiger partial charge is 0.312 e. The topological polar surface area (TPSA) is 46.2 Å². The molecule has 1 N–H and O–H groups in total. The SMILES string of the molecule is C=CCNCC(C)S(=O)(=O)CC(C)CC. The van der Waals surface area contributed by atoms with Crippen molar-refractivity contribution in [3.8, 4) is 0 Å². The zero-order chi connectivity index (χ0) is 11.9. The van der Waals surface area contributed by atoms with Crippen LogP contribution < -0.4 is 5.32 Å². The van der Waals surface area contributed by atoms with Gasteiger partial charge < -0.3 is 5.32 Å². The molecule has 0 spiro atoms. The molecule has 0 aromatic rings. The lowest BCUT2D eigenvalue weighted by molar-refractivity contribution is 0.549. The van der Waals surface area contributed by atoms with Crippen molar-refractivity contribution in [1.29, 1.82) is 0 Å². The quantitative estimate of drug-likeness (QED) is 0.512. The van der Waals surface area contributed by atoms with Gasteiger partial charge in [-0.05, 0) is 12.8 Å². The first-order valence-corrected chi connectivity index (χ1v) is 7.18. The fourth-order valence-corrected chi connectivity index (χ4v) is 2.92. The summed E-state index contributed by atoms with van der Waals surface area (Å²) in [6.07, 6.45) is 2.64. The molecule has 0 saturated heterocycles. The first-order valence-electron chi connectivity index (χ1n) is 5.47. The van der Waals surface area contributed by atoms with Gasteiger partial charge in [-0.1, -0.05) is 26.3 Å². The normalized spacial score (nSPS) is 15.9. The minimum atomic E-state index is -2.95. The first kappa shape index (κ1) is 14.6. The van der Waals surface area contributed by atoms with Crippen molar-refractivity contribution in [3.05, 3.63) is 12.7 Å². The van der Waals surface area contributed by atoms with Gasteiger partial charge in [-0.3, -0.25) is 0 Å². The maximum atomic E-state index is 11.8. The molecule has 3 nitrogen and oxygen atoms in total. The van der Waals surface area contributed by atoms with Gasteiger partial charge in [0.25, 0.3) is 0 Å². The van der Waals surface area contributed by atoms with E-state index in [1.54, 1.807) is 13.0 Å². The average Bonchev–Trinajstić information content (AvgIpc) is 2.17. The summed E-state index contributed by atoms with van der Waals surface area (Å²) in [5.41, 5.74) is 0. The predicted molar refractivity (Wildman–Crippen MR) is 65.8 cm³/mol. The molecule has 0 aromatic carbocycles. The van der Waals surface area contributed by atoms with Crippen LogP contribution in [0, 0.1) is 5.92 Å². The van der Waals surface area contributed by atoms with E-state index in [0.717, 1.165) is 6.42 Å². The second-order valence-electron chi connectivity index (χ2n) is 4.10. The van der Waals surface area contributed by atoms with Gasteiger partial charge >= 0.3 is 0 Å². The van der Waals surface area contributed by atoms with Crippen LogP contribution in [0.5, 0.6) is 0 Å². The molecule has 2 unspecified atom stereocenters. The van der Waals surface area contributed by atoms with Crippen molar-refractivity contribution in [2.75, 3.05) is 18.8 Å². The van der Waals surface area contributed by atoms with Crippen LogP contribution in [-0.2, 0) is 9.84 Å². The number of nitrogens with one attached hydrogen (secondary N) is 1. The van der Waals surface area contributed by atoms with Crippen molar-refractivity contribution >= 4 is 9.84 Å². The fourth-order valence-electron chi connectivity index (χ4n) is 1.19. The number of hydrogen-bond acceptors (Lipinski definition) is 3. The van der Waals surface area contributed by atoms with Gasteiger partial charge in [0, 0.05) is 13.1 Å². The molecule has 0 amide bonds. The Morgan fingerprint density at radius 1 is 1.40 bits per heavy atom.